The molecule has 0 unspecified atom stereocenters. The number of thioether (sulfide) groups is 1. The van der Waals surface area contributed by atoms with Crippen molar-refractivity contribution < 1.29 is 19.4 Å². The number of carboxylic acid groups (broad SMARTS) is 1. The van der Waals surface area contributed by atoms with Crippen LogP contribution < -0.4 is 4.74 Å². The van der Waals surface area contributed by atoms with Crippen molar-refractivity contribution in [1.29, 1.82) is 0 Å². The zero-order chi connectivity index (χ0) is 20.3. The Morgan fingerprint density at radius 3 is 2.57 bits per heavy atom. The number of benzene rings is 2. The van der Waals surface area contributed by atoms with Gasteiger partial charge in [0.05, 0.1) is 14.9 Å². The van der Waals surface area contributed by atoms with E-state index in [9.17, 15) is 9.59 Å². The van der Waals surface area contributed by atoms with Gasteiger partial charge in [-0.25, -0.2) is 4.79 Å². The highest BCUT2D eigenvalue weighted by atomic mass is 79.9. The topological polar surface area (TPSA) is 79.2 Å². The maximum atomic E-state index is 12.2. The SMILES string of the molecule is CN=C1S/C(=C\c2ccc(OCc3ccc(C(=O)O)cc3)c(Br)c2)C(=O)N1C. The summed E-state index contributed by atoms with van der Waals surface area (Å²) in [6, 6.07) is 12.1. The van der Waals surface area contributed by atoms with Gasteiger partial charge in [-0.2, -0.15) is 0 Å². The smallest absolute Gasteiger partial charge is 0.335 e. The molecule has 2 aromatic carbocycles. The number of ether oxygens (including phenoxy) is 1. The standard InChI is InChI=1S/C20H17BrN2O4S/c1-22-20-23(2)18(24)17(28-20)10-13-5-8-16(15(21)9-13)27-11-12-3-6-14(7-4-12)19(25)26/h3-10H,11H2,1-2H3,(H,25,26)/b17-10-,22-20?. The highest BCUT2D eigenvalue weighted by Gasteiger charge is 2.29. The fourth-order valence-electron chi connectivity index (χ4n) is 2.53. The highest BCUT2D eigenvalue weighted by molar-refractivity contribution is 9.10. The highest BCUT2D eigenvalue weighted by Crippen LogP contribution is 2.33. The summed E-state index contributed by atoms with van der Waals surface area (Å²) < 4.78 is 6.57. The van der Waals surface area contributed by atoms with Crippen molar-refractivity contribution >= 4 is 50.8 Å². The van der Waals surface area contributed by atoms with Gasteiger partial charge in [0.2, 0.25) is 0 Å². The number of hydrogen-bond acceptors (Lipinski definition) is 5. The second kappa shape index (κ2) is 8.62. The Bertz CT molecular complexity index is 986. The van der Waals surface area contributed by atoms with Crippen LogP contribution in [0.25, 0.3) is 6.08 Å². The van der Waals surface area contributed by atoms with E-state index in [2.05, 4.69) is 20.9 Å². The molecular formula is C20H17BrN2O4S. The van der Waals surface area contributed by atoms with E-state index in [1.54, 1.807) is 38.4 Å². The predicted octanol–water partition coefficient (Wildman–Crippen LogP) is 4.26. The zero-order valence-electron chi connectivity index (χ0n) is 15.2. The van der Waals surface area contributed by atoms with Crippen molar-refractivity contribution in [2.24, 2.45) is 4.99 Å². The minimum atomic E-state index is -0.956. The van der Waals surface area contributed by atoms with Crippen LogP contribution in [0.5, 0.6) is 5.75 Å². The summed E-state index contributed by atoms with van der Waals surface area (Å²) in [5, 5.41) is 9.60. The Balaban J connectivity index is 1.70. The fraction of sp³-hybridized carbons (Fsp3) is 0.150. The molecule has 1 amide bonds. The van der Waals surface area contributed by atoms with Crippen LogP contribution in [0.15, 0.2) is 56.8 Å². The van der Waals surface area contributed by atoms with E-state index in [1.165, 1.54) is 16.7 Å². The normalized spacial score (nSPS) is 16.8. The first-order chi connectivity index (χ1) is 13.4. The lowest BCUT2D eigenvalue weighted by Gasteiger charge is -2.09. The van der Waals surface area contributed by atoms with Gasteiger partial charge in [-0.3, -0.25) is 14.7 Å². The Hall–Kier alpha value is -2.58. The molecule has 28 heavy (non-hydrogen) atoms. The number of carboxylic acids is 1. The van der Waals surface area contributed by atoms with Crippen LogP contribution in [0.3, 0.4) is 0 Å². The van der Waals surface area contributed by atoms with Gasteiger partial charge in [0, 0.05) is 14.1 Å². The number of carbonyl (C=O) groups is 2. The van der Waals surface area contributed by atoms with Crippen LogP contribution in [-0.4, -0.2) is 41.1 Å². The lowest BCUT2D eigenvalue weighted by molar-refractivity contribution is -0.121. The first-order valence-corrected chi connectivity index (χ1v) is 9.89. The third-order valence-corrected chi connectivity index (χ3v) is 5.81. The number of aromatic carboxylic acids is 1. The summed E-state index contributed by atoms with van der Waals surface area (Å²) >= 11 is 4.84. The van der Waals surface area contributed by atoms with Gasteiger partial charge in [-0.1, -0.05) is 18.2 Å². The summed E-state index contributed by atoms with van der Waals surface area (Å²) in [6.45, 7) is 0.314. The lowest BCUT2D eigenvalue weighted by atomic mass is 10.1. The maximum absolute atomic E-state index is 12.2. The molecule has 0 aromatic heterocycles. The lowest BCUT2D eigenvalue weighted by Crippen LogP contribution is -2.23. The molecule has 6 nitrogen and oxygen atoms in total. The maximum Gasteiger partial charge on any atom is 0.335 e. The van der Waals surface area contributed by atoms with Crippen molar-refractivity contribution in [3.63, 3.8) is 0 Å². The molecule has 0 bridgehead atoms. The van der Waals surface area contributed by atoms with Crippen molar-refractivity contribution in [1.82, 2.24) is 4.90 Å². The molecule has 0 aliphatic carbocycles. The van der Waals surface area contributed by atoms with Crippen LogP contribution in [0.4, 0.5) is 0 Å². The molecule has 1 saturated heterocycles. The van der Waals surface area contributed by atoms with E-state index in [0.717, 1.165) is 15.6 Å². The third-order valence-electron chi connectivity index (χ3n) is 4.04. The number of halogens is 1. The molecule has 0 radical (unpaired) electrons. The van der Waals surface area contributed by atoms with Crippen LogP contribution in [0.2, 0.25) is 0 Å². The van der Waals surface area contributed by atoms with Crippen LogP contribution in [0.1, 0.15) is 21.5 Å². The molecule has 1 N–H and O–H groups in total. The number of carbonyl (C=O) groups excluding carboxylic acids is 1. The van der Waals surface area contributed by atoms with Gasteiger partial charge >= 0.3 is 5.97 Å². The number of nitrogens with zero attached hydrogens (tertiary/aromatic N) is 2. The van der Waals surface area contributed by atoms with E-state index in [1.807, 2.05) is 24.3 Å². The van der Waals surface area contributed by atoms with E-state index in [0.29, 0.717) is 22.4 Å². The minimum Gasteiger partial charge on any atom is -0.488 e. The molecule has 0 saturated carbocycles. The van der Waals surface area contributed by atoms with Crippen LogP contribution in [-0.2, 0) is 11.4 Å². The molecule has 0 spiro atoms. The molecule has 3 rings (SSSR count). The molecule has 144 valence electrons. The Morgan fingerprint density at radius 2 is 2.00 bits per heavy atom. The fourth-order valence-corrected chi connectivity index (χ4v) is 3.97. The average Bonchev–Trinajstić information content (AvgIpc) is 2.95. The van der Waals surface area contributed by atoms with Crippen LogP contribution >= 0.6 is 27.7 Å². The number of amides is 1. The first-order valence-electron chi connectivity index (χ1n) is 8.28. The monoisotopic (exact) mass is 460 g/mol. The van der Waals surface area contributed by atoms with Gasteiger partial charge in [0.1, 0.15) is 12.4 Å². The molecule has 2 aromatic rings. The molecule has 1 fully saturated rings. The van der Waals surface area contributed by atoms with Crippen molar-refractivity contribution in [2.45, 2.75) is 6.61 Å². The van der Waals surface area contributed by atoms with Gasteiger partial charge in [-0.05, 0) is 69.2 Å². The number of aliphatic imine (C=N–C) groups is 1. The average molecular weight is 461 g/mol. The molecular weight excluding hydrogens is 444 g/mol. The largest absolute Gasteiger partial charge is 0.488 e. The van der Waals surface area contributed by atoms with E-state index in [4.69, 9.17) is 9.84 Å². The summed E-state index contributed by atoms with van der Waals surface area (Å²) in [5.74, 6) is -0.378. The first kappa shape index (κ1) is 20.2. The Kier molecular flexibility index (Phi) is 6.21. The van der Waals surface area contributed by atoms with Crippen molar-refractivity contribution in [2.75, 3.05) is 14.1 Å². The predicted molar refractivity (Wildman–Crippen MR) is 114 cm³/mol. The van der Waals surface area contributed by atoms with Crippen molar-refractivity contribution in [3.8, 4) is 5.75 Å². The Labute approximate surface area is 175 Å². The van der Waals surface area contributed by atoms with E-state index in [-0.39, 0.29) is 11.5 Å². The number of hydrogen-bond donors (Lipinski definition) is 1. The van der Waals surface area contributed by atoms with Crippen molar-refractivity contribution in [3.05, 3.63) is 68.5 Å². The van der Waals surface area contributed by atoms with Gasteiger partial charge in [-0.15, -0.1) is 0 Å². The molecule has 0 atom stereocenters. The third kappa shape index (κ3) is 4.45. The molecule has 1 heterocycles. The second-order valence-electron chi connectivity index (χ2n) is 5.96. The van der Waals surface area contributed by atoms with Gasteiger partial charge in [0.25, 0.3) is 5.91 Å². The summed E-state index contributed by atoms with van der Waals surface area (Å²) in [7, 11) is 3.36. The summed E-state index contributed by atoms with van der Waals surface area (Å²) in [4.78, 5) is 29.4. The quantitative estimate of drug-likeness (QED) is 0.674. The van der Waals surface area contributed by atoms with E-state index >= 15 is 0 Å². The summed E-state index contributed by atoms with van der Waals surface area (Å²) in [5.41, 5.74) is 1.97. The molecule has 1 aliphatic rings. The summed E-state index contributed by atoms with van der Waals surface area (Å²) in [6.07, 6.45) is 1.82. The molecule has 1 aliphatic heterocycles. The number of amidine groups is 1. The second-order valence-corrected chi connectivity index (χ2v) is 7.83. The van der Waals surface area contributed by atoms with E-state index < -0.39 is 5.97 Å². The Morgan fingerprint density at radius 1 is 1.29 bits per heavy atom. The number of rotatable bonds is 5. The van der Waals surface area contributed by atoms with Gasteiger partial charge in [0.15, 0.2) is 5.17 Å². The molecule has 8 heteroatoms. The zero-order valence-corrected chi connectivity index (χ0v) is 17.6. The number of likely N-dealkylation sites (N-methyl/N-ethyl adjacent to an activating group) is 1. The minimum absolute atomic E-state index is 0.0770. The van der Waals surface area contributed by atoms with Crippen LogP contribution in [0, 0.1) is 0 Å². The van der Waals surface area contributed by atoms with Gasteiger partial charge < -0.3 is 9.84 Å².